The summed E-state index contributed by atoms with van der Waals surface area (Å²) in [6.45, 7) is 6.64. The highest BCUT2D eigenvalue weighted by Gasteiger charge is 2.03. The largest absolute Gasteiger partial charge is 0.383 e. The molecule has 0 aliphatic carbocycles. The maximum atomic E-state index is 5.29. The minimum atomic E-state index is 0.707. The van der Waals surface area contributed by atoms with Gasteiger partial charge in [0.15, 0.2) is 0 Å². The average molecular weight is 242 g/mol. The Labute approximate surface area is 102 Å². The van der Waals surface area contributed by atoms with Crippen LogP contribution in [-0.4, -0.2) is 48.2 Å². The minimum absolute atomic E-state index is 0.707. The quantitative estimate of drug-likeness (QED) is 0.603. The molecule has 1 aromatic rings. The van der Waals surface area contributed by atoms with Crippen molar-refractivity contribution in [3.63, 3.8) is 0 Å². The summed E-state index contributed by atoms with van der Waals surface area (Å²) >= 11 is 0. The van der Waals surface area contributed by atoms with E-state index in [1.54, 1.807) is 13.4 Å². The molecule has 0 aliphatic heterocycles. The maximum Gasteiger partial charge on any atom is 0.140 e. The van der Waals surface area contributed by atoms with Gasteiger partial charge in [0.05, 0.1) is 13.2 Å². The lowest BCUT2D eigenvalue weighted by molar-refractivity contribution is 0.140. The Morgan fingerprint density at radius 3 is 3.06 bits per heavy atom. The van der Waals surface area contributed by atoms with Gasteiger partial charge in [-0.05, 0) is 13.3 Å². The highest BCUT2D eigenvalue weighted by Crippen LogP contribution is 1.96. The number of hydrogen-bond acceptors (Lipinski definition) is 5. The van der Waals surface area contributed by atoms with Crippen LogP contribution in [0.1, 0.15) is 19.2 Å². The third kappa shape index (κ3) is 5.76. The monoisotopic (exact) mass is 242 g/mol. The van der Waals surface area contributed by atoms with Gasteiger partial charge in [0.1, 0.15) is 12.2 Å². The van der Waals surface area contributed by atoms with Crippen molar-refractivity contribution in [1.82, 2.24) is 20.1 Å². The van der Waals surface area contributed by atoms with Crippen molar-refractivity contribution in [3.8, 4) is 0 Å². The fraction of sp³-hybridized carbons (Fsp3) is 0.818. The SMILES string of the molecule is CCOCCCn1ncnc1CNCCOC. The first kappa shape index (κ1) is 14.1. The Kier molecular flexibility index (Phi) is 7.53. The van der Waals surface area contributed by atoms with Crippen LogP contribution in [0.4, 0.5) is 0 Å². The van der Waals surface area contributed by atoms with Gasteiger partial charge in [-0.3, -0.25) is 0 Å². The van der Waals surface area contributed by atoms with Crippen LogP contribution < -0.4 is 5.32 Å². The van der Waals surface area contributed by atoms with Gasteiger partial charge in [-0.2, -0.15) is 5.10 Å². The van der Waals surface area contributed by atoms with Gasteiger partial charge in [-0.1, -0.05) is 0 Å². The first-order valence-corrected chi connectivity index (χ1v) is 6.02. The minimum Gasteiger partial charge on any atom is -0.383 e. The van der Waals surface area contributed by atoms with Crippen molar-refractivity contribution in [1.29, 1.82) is 0 Å². The molecule has 6 heteroatoms. The lowest BCUT2D eigenvalue weighted by Gasteiger charge is -2.07. The van der Waals surface area contributed by atoms with E-state index in [1.165, 1.54) is 0 Å². The molecule has 0 radical (unpaired) electrons. The van der Waals surface area contributed by atoms with Gasteiger partial charge in [0, 0.05) is 33.4 Å². The summed E-state index contributed by atoms with van der Waals surface area (Å²) in [5.41, 5.74) is 0. The topological polar surface area (TPSA) is 61.2 Å². The van der Waals surface area contributed by atoms with Crippen LogP contribution in [-0.2, 0) is 22.6 Å². The molecule has 0 saturated heterocycles. The number of aryl methyl sites for hydroxylation is 1. The van der Waals surface area contributed by atoms with E-state index in [2.05, 4.69) is 15.4 Å². The van der Waals surface area contributed by atoms with Gasteiger partial charge in [-0.25, -0.2) is 9.67 Å². The molecular weight excluding hydrogens is 220 g/mol. The Bertz CT molecular complexity index is 264. The molecule has 0 spiro atoms. The van der Waals surface area contributed by atoms with Crippen LogP contribution in [0.25, 0.3) is 0 Å². The van der Waals surface area contributed by atoms with E-state index < -0.39 is 0 Å². The fourth-order valence-corrected chi connectivity index (χ4v) is 1.45. The molecule has 1 rings (SSSR count). The van der Waals surface area contributed by atoms with E-state index in [4.69, 9.17) is 9.47 Å². The molecule has 0 unspecified atom stereocenters. The molecule has 1 heterocycles. The summed E-state index contributed by atoms with van der Waals surface area (Å²) in [5.74, 6) is 0.956. The summed E-state index contributed by atoms with van der Waals surface area (Å²) in [6, 6.07) is 0. The van der Waals surface area contributed by atoms with E-state index in [0.29, 0.717) is 6.61 Å². The van der Waals surface area contributed by atoms with Crippen molar-refractivity contribution in [3.05, 3.63) is 12.2 Å². The van der Waals surface area contributed by atoms with Crippen molar-refractivity contribution in [2.45, 2.75) is 26.4 Å². The Balaban J connectivity index is 2.22. The second-order valence-corrected chi connectivity index (χ2v) is 3.62. The van der Waals surface area contributed by atoms with Gasteiger partial charge in [-0.15, -0.1) is 0 Å². The predicted octanol–water partition coefficient (Wildman–Crippen LogP) is 0.441. The Morgan fingerprint density at radius 1 is 1.41 bits per heavy atom. The first-order chi connectivity index (χ1) is 8.38. The van der Waals surface area contributed by atoms with Crippen LogP contribution in [0.3, 0.4) is 0 Å². The first-order valence-electron chi connectivity index (χ1n) is 6.02. The highest BCUT2D eigenvalue weighted by molar-refractivity contribution is 4.83. The molecule has 1 aromatic heterocycles. The van der Waals surface area contributed by atoms with E-state index in [0.717, 1.165) is 45.1 Å². The molecule has 17 heavy (non-hydrogen) atoms. The zero-order chi connectivity index (χ0) is 12.3. The van der Waals surface area contributed by atoms with Crippen LogP contribution in [0.2, 0.25) is 0 Å². The third-order valence-electron chi connectivity index (χ3n) is 2.32. The number of nitrogens with zero attached hydrogens (tertiary/aromatic N) is 3. The number of rotatable bonds is 10. The lowest BCUT2D eigenvalue weighted by Crippen LogP contribution is -2.21. The second kappa shape index (κ2) is 9.09. The van der Waals surface area contributed by atoms with E-state index in [9.17, 15) is 0 Å². The van der Waals surface area contributed by atoms with Crippen LogP contribution in [0, 0.1) is 0 Å². The van der Waals surface area contributed by atoms with Crippen molar-refractivity contribution in [2.75, 3.05) is 33.5 Å². The maximum absolute atomic E-state index is 5.29. The molecule has 98 valence electrons. The molecule has 0 saturated carbocycles. The van der Waals surface area contributed by atoms with Crippen molar-refractivity contribution in [2.24, 2.45) is 0 Å². The molecule has 0 aliphatic rings. The summed E-state index contributed by atoms with van der Waals surface area (Å²) in [5, 5.41) is 7.44. The Hall–Kier alpha value is -0.980. The summed E-state index contributed by atoms with van der Waals surface area (Å²) < 4.78 is 12.2. The smallest absolute Gasteiger partial charge is 0.140 e. The van der Waals surface area contributed by atoms with Crippen LogP contribution in [0.15, 0.2) is 6.33 Å². The van der Waals surface area contributed by atoms with E-state index in [-0.39, 0.29) is 0 Å². The highest BCUT2D eigenvalue weighted by atomic mass is 16.5. The van der Waals surface area contributed by atoms with E-state index in [1.807, 2.05) is 11.6 Å². The summed E-state index contributed by atoms with van der Waals surface area (Å²) in [6.07, 6.45) is 2.55. The Morgan fingerprint density at radius 2 is 2.29 bits per heavy atom. The molecule has 0 amide bonds. The lowest BCUT2D eigenvalue weighted by atomic mass is 10.4. The molecule has 0 aromatic carbocycles. The predicted molar refractivity (Wildman–Crippen MR) is 64.7 cm³/mol. The van der Waals surface area contributed by atoms with Crippen LogP contribution in [0.5, 0.6) is 0 Å². The number of aromatic nitrogens is 3. The zero-order valence-corrected chi connectivity index (χ0v) is 10.7. The third-order valence-corrected chi connectivity index (χ3v) is 2.32. The van der Waals surface area contributed by atoms with Gasteiger partial charge >= 0.3 is 0 Å². The van der Waals surface area contributed by atoms with Gasteiger partial charge in [0.25, 0.3) is 0 Å². The summed E-state index contributed by atoms with van der Waals surface area (Å²) in [7, 11) is 1.69. The molecule has 6 nitrogen and oxygen atoms in total. The van der Waals surface area contributed by atoms with Crippen molar-refractivity contribution >= 4 is 0 Å². The molecule has 0 atom stereocenters. The number of nitrogens with one attached hydrogen (secondary N) is 1. The number of methoxy groups -OCH3 is 1. The molecule has 1 N–H and O–H groups in total. The number of ether oxygens (including phenoxy) is 2. The van der Waals surface area contributed by atoms with Crippen LogP contribution >= 0.6 is 0 Å². The fourth-order valence-electron chi connectivity index (χ4n) is 1.45. The summed E-state index contributed by atoms with van der Waals surface area (Å²) in [4.78, 5) is 4.22. The molecule has 0 fully saturated rings. The zero-order valence-electron chi connectivity index (χ0n) is 10.7. The van der Waals surface area contributed by atoms with Gasteiger partial charge in [0.2, 0.25) is 0 Å². The number of hydrogen-bond donors (Lipinski definition) is 1. The average Bonchev–Trinajstić information content (AvgIpc) is 2.78. The molecule has 0 bridgehead atoms. The standard InChI is InChI=1S/C11H22N4O2/c1-3-17-7-4-6-15-11(13-10-14-15)9-12-5-8-16-2/h10,12H,3-9H2,1-2H3. The van der Waals surface area contributed by atoms with Gasteiger partial charge < -0.3 is 14.8 Å². The van der Waals surface area contributed by atoms with Crippen molar-refractivity contribution < 1.29 is 9.47 Å². The molecular formula is C11H22N4O2. The second-order valence-electron chi connectivity index (χ2n) is 3.62. The normalized spacial score (nSPS) is 10.9. The van der Waals surface area contributed by atoms with E-state index >= 15 is 0 Å².